The van der Waals surface area contributed by atoms with E-state index in [-0.39, 0.29) is 12.5 Å². The molecule has 39 heavy (non-hydrogen) atoms. The number of rotatable bonds is 18. The first-order valence-corrected chi connectivity index (χ1v) is 15.5. The second-order valence-corrected chi connectivity index (χ2v) is 11.2. The van der Waals surface area contributed by atoms with Gasteiger partial charge in [0, 0.05) is 18.0 Å². The summed E-state index contributed by atoms with van der Waals surface area (Å²) in [6.07, 6.45) is 19.1. The van der Waals surface area contributed by atoms with Crippen LogP contribution < -0.4 is 4.74 Å². The van der Waals surface area contributed by atoms with Crippen molar-refractivity contribution < 1.29 is 18.7 Å². The molecule has 0 bridgehead atoms. The van der Waals surface area contributed by atoms with Crippen LogP contribution in [0, 0.1) is 5.92 Å². The smallest absolute Gasteiger partial charge is 0.340 e. The minimum atomic E-state index is -1.49. The van der Waals surface area contributed by atoms with Gasteiger partial charge in [0.1, 0.15) is 11.9 Å². The molecule has 1 aliphatic carbocycles. The number of carbonyl (C=O) groups is 1. The summed E-state index contributed by atoms with van der Waals surface area (Å²) in [4.78, 5) is 21.1. The van der Waals surface area contributed by atoms with Gasteiger partial charge in [-0.25, -0.2) is 19.2 Å². The lowest BCUT2D eigenvalue weighted by Crippen LogP contribution is -2.30. The molecule has 1 aromatic carbocycles. The Balaban J connectivity index is 1.32. The maximum absolute atomic E-state index is 13.9. The number of benzene rings is 1. The highest BCUT2D eigenvalue weighted by Gasteiger charge is 2.27. The van der Waals surface area contributed by atoms with Gasteiger partial charge in [-0.1, -0.05) is 71.6 Å². The summed E-state index contributed by atoms with van der Waals surface area (Å²) in [5, 5.41) is 0. The lowest BCUT2D eigenvalue weighted by molar-refractivity contribution is -0.157. The van der Waals surface area contributed by atoms with Crippen molar-refractivity contribution in [1.82, 2.24) is 9.97 Å². The number of hydrogen-bond acceptors (Lipinski definition) is 5. The predicted molar refractivity (Wildman–Crippen MR) is 156 cm³/mol. The molecular weight excluding hydrogens is 491 g/mol. The molecule has 1 aromatic heterocycles. The molecule has 1 aliphatic rings. The number of esters is 1. The van der Waals surface area contributed by atoms with Gasteiger partial charge in [0.15, 0.2) is 12.0 Å². The van der Waals surface area contributed by atoms with Gasteiger partial charge in [-0.2, -0.15) is 0 Å². The summed E-state index contributed by atoms with van der Waals surface area (Å²) >= 11 is 0. The van der Waals surface area contributed by atoms with Crippen LogP contribution >= 0.6 is 0 Å². The second-order valence-electron chi connectivity index (χ2n) is 11.2. The molecule has 5 nitrogen and oxygen atoms in total. The maximum atomic E-state index is 13.9. The summed E-state index contributed by atoms with van der Waals surface area (Å²) in [6, 6.07) is 7.95. The summed E-state index contributed by atoms with van der Waals surface area (Å²) in [5.41, 5.74) is 2.18. The molecule has 1 saturated carbocycles. The lowest BCUT2D eigenvalue weighted by atomic mass is 9.88. The average molecular weight is 541 g/mol. The molecule has 0 amide bonds. The van der Waals surface area contributed by atoms with E-state index in [1.165, 1.54) is 56.9 Å². The maximum Gasteiger partial charge on any atom is 0.340 e. The van der Waals surface area contributed by atoms with E-state index < -0.39 is 12.1 Å². The Hall–Kier alpha value is -2.50. The van der Waals surface area contributed by atoms with Crippen LogP contribution in [0.5, 0.6) is 5.75 Å². The fraction of sp³-hybridized carbons (Fsp3) is 0.667. The van der Waals surface area contributed by atoms with E-state index in [1.807, 2.05) is 43.6 Å². The summed E-state index contributed by atoms with van der Waals surface area (Å²) < 4.78 is 25.3. The third-order valence-corrected chi connectivity index (χ3v) is 7.77. The third-order valence-electron chi connectivity index (χ3n) is 7.77. The van der Waals surface area contributed by atoms with Gasteiger partial charge in [0.2, 0.25) is 0 Å². The Morgan fingerprint density at radius 3 is 2.13 bits per heavy atom. The number of alkyl halides is 1. The van der Waals surface area contributed by atoms with Crippen LogP contribution in [0.3, 0.4) is 0 Å². The minimum Gasteiger partial charge on any atom is -0.493 e. The Bertz CT molecular complexity index is 927. The first kappa shape index (κ1) is 31.0. The predicted octanol–water partition coefficient (Wildman–Crippen LogP) is 8.84. The molecule has 1 atom stereocenters. The Labute approximate surface area is 235 Å². The molecular formula is C33H49FN2O3. The first-order valence-electron chi connectivity index (χ1n) is 15.5. The molecule has 2 aromatic rings. The molecule has 0 radical (unpaired) electrons. The zero-order chi connectivity index (χ0) is 27.7. The molecule has 216 valence electrons. The van der Waals surface area contributed by atoms with Crippen molar-refractivity contribution in [2.24, 2.45) is 5.92 Å². The van der Waals surface area contributed by atoms with Crippen LogP contribution in [0.1, 0.15) is 116 Å². The van der Waals surface area contributed by atoms with E-state index in [9.17, 15) is 9.18 Å². The standard InChI is InChI=1S/C33H49FN2O3/c1-3-5-7-8-9-10-11-12-13-27-23-35-32(36-24-27)28-17-21-29(22-18-28)38-25-26-15-19-30(20-16-26)39-33(37)31(34)14-6-4-2/h17-18,21-24,26,30-31H,3-16,19-20,25H2,1-2H3/t26?,30?,31-/m0/s1. The highest BCUT2D eigenvalue weighted by atomic mass is 19.1. The number of aryl methyl sites for hydroxylation is 1. The molecule has 6 heteroatoms. The molecule has 1 heterocycles. The van der Waals surface area contributed by atoms with E-state index in [4.69, 9.17) is 9.47 Å². The number of ether oxygens (including phenoxy) is 2. The zero-order valence-electron chi connectivity index (χ0n) is 24.2. The van der Waals surface area contributed by atoms with E-state index >= 15 is 0 Å². The van der Waals surface area contributed by atoms with E-state index in [0.717, 1.165) is 55.7 Å². The van der Waals surface area contributed by atoms with E-state index in [1.54, 1.807) is 0 Å². The monoisotopic (exact) mass is 540 g/mol. The molecule has 0 spiro atoms. The van der Waals surface area contributed by atoms with Gasteiger partial charge < -0.3 is 9.47 Å². The quantitative estimate of drug-likeness (QED) is 0.140. The number of hydrogen-bond donors (Lipinski definition) is 0. The van der Waals surface area contributed by atoms with Gasteiger partial charge in [0.05, 0.1) is 6.61 Å². The third kappa shape index (κ3) is 11.6. The second kappa shape index (κ2) is 18.0. The van der Waals surface area contributed by atoms with Crippen LogP contribution in [0.2, 0.25) is 0 Å². The van der Waals surface area contributed by atoms with Gasteiger partial charge in [-0.3, -0.25) is 0 Å². The number of carbonyl (C=O) groups excluding carboxylic acids is 1. The highest BCUT2D eigenvalue weighted by molar-refractivity contribution is 5.74. The largest absolute Gasteiger partial charge is 0.493 e. The van der Waals surface area contributed by atoms with E-state index in [2.05, 4.69) is 16.9 Å². The average Bonchev–Trinajstić information content (AvgIpc) is 2.97. The van der Waals surface area contributed by atoms with Crippen LogP contribution in [0.25, 0.3) is 11.4 Å². The molecule has 0 unspecified atom stereocenters. The number of unbranched alkanes of at least 4 members (excludes halogenated alkanes) is 8. The summed E-state index contributed by atoms with van der Waals surface area (Å²) in [5.74, 6) is 1.29. The van der Waals surface area contributed by atoms with Crippen LogP contribution in [0.4, 0.5) is 4.39 Å². The first-order chi connectivity index (χ1) is 19.1. The molecule has 0 saturated heterocycles. The van der Waals surface area contributed by atoms with E-state index in [0.29, 0.717) is 18.9 Å². The molecule has 3 rings (SSSR count). The normalized spacial score (nSPS) is 18.0. The lowest BCUT2D eigenvalue weighted by Gasteiger charge is -2.28. The SMILES string of the molecule is CCCCCCCCCCc1cnc(-c2ccc(OCC3CCC(OC(=O)[C@@H](F)CCCC)CC3)cc2)nc1. The van der Waals surface area contributed by atoms with Gasteiger partial charge in [-0.05, 0) is 80.7 Å². The van der Waals surface area contributed by atoms with Crippen LogP contribution in [-0.2, 0) is 16.0 Å². The topological polar surface area (TPSA) is 61.3 Å². The van der Waals surface area contributed by atoms with Crippen molar-refractivity contribution in [3.05, 3.63) is 42.2 Å². The summed E-state index contributed by atoms with van der Waals surface area (Å²) in [7, 11) is 0. The number of aromatic nitrogens is 2. The molecule has 0 aliphatic heterocycles. The fourth-order valence-corrected chi connectivity index (χ4v) is 5.17. The van der Waals surface area contributed by atoms with Crippen molar-refractivity contribution in [3.63, 3.8) is 0 Å². The highest BCUT2D eigenvalue weighted by Crippen LogP contribution is 2.28. The minimum absolute atomic E-state index is 0.167. The summed E-state index contributed by atoms with van der Waals surface area (Å²) in [6.45, 7) is 4.88. The zero-order valence-corrected chi connectivity index (χ0v) is 24.2. The van der Waals surface area contributed by atoms with Crippen molar-refractivity contribution in [3.8, 4) is 17.1 Å². The van der Waals surface area contributed by atoms with Gasteiger partial charge in [-0.15, -0.1) is 0 Å². The Kier molecular flexibility index (Phi) is 14.3. The van der Waals surface area contributed by atoms with Crippen LogP contribution in [0.15, 0.2) is 36.7 Å². The van der Waals surface area contributed by atoms with Crippen molar-refractivity contribution in [2.45, 2.75) is 129 Å². The molecule has 0 N–H and O–H groups in total. The number of halogens is 1. The molecule has 1 fully saturated rings. The van der Waals surface area contributed by atoms with Crippen molar-refractivity contribution in [2.75, 3.05) is 6.61 Å². The Morgan fingerprint density at radius 2 is 1.49 bits per heavy atom. The van der Waals surface area contributed by atoms with Crippen molar-refractivity contribution in [1.29, 1.82) is 0 Å². The fourth-order valence-electron chi connectivity index (χ4n) is 5.17. The Morgan fingerprint density at radius 1 is 0.872 bits per heavy atom. The van der Waals surface area contributed by atoms with Crippen molar-refractivity contribution >= 4 is 5.97 Å². The van der Waals surface area contributed by atoms with Gasteiger partial charge in [0.25, 0.3) is 0 Å². The number of nitrogens with zero attached hydrogens (tertiary/aromatic N) is 2. The van der Waals surface area contributed by atoms with Gasteiger partial charge >= 0.3 is 5.97 Å². The van der Waals surface area contributed by atoms with Crippen LogP contribution in [-0.4, -0.2) is 34.8 Å².